The molecule has 0 unspecified atom stereocenters. The number of alkyl halides is 3. The van der Waals surface area contributed by atoms with Crippen molar-refractivity contribution in [2.24, 2.45) is 0 Å². The molecule has 4 heterocycles. The molecule has 0 bridgehead atoms. The van der Waals surface area contributed by atoms with Gasteiger partial charge in [0.25, 0.3) is 5.95 Å². The molecule has 1 aliphatic heterocycles. The molecular weight excluding hydrogens is 455 g/mol. The smallest absolute Gasteiger partial charge is 0.408 e. The van der Waals surface area contributed by atoms with Crippen LogP contribution in [0.1, 0.15) is 28.8 Å². The van der Waals surface area contributed by atoms with Crippen LogP contribution in [-0.4, -0.2) is 64.5 Å². The molecule has 0 spiro atoms. The highest BCUT2D eigenvalue weighted by Crippen LogP contribution is 2.36. The summed E-state index contributed by atoms with van der Waals surface area (Å²) in [4.78, 5) is 20.7. The van der Waals surface area contributed by atoms with Gasteiger partial charge in [0.15, 0.2) is 0 Å². The number of hydrogen-bond acceptors (Lipinski definition) is 7. The number of aromatic hydroxyl groups is 1. The van der Waals surface area contributed by atoms with E-state index in [1.54, 1.807) is 24.3 Å². The Balaban J connectivity index is 1.38. The lowest BCUT2D eigenvalue weighted by Gasteiger charge is -2.28. The van der Waals surface area contributed by atoms with E-state index in [2.05, 4.69) is 20.2 Å². The van der Waals surface area contributed by atoms with Gasteiger partial charge in [0, 0.05) is 18.4 Å². The van der Waals surface area contributed by atoms with Crippen molar-refractivity contribution < 1.29 is 28.2 Å². The van der Waals surface area contributed by atoms with Crippen molar-refractivity contribution in [3.05, 3.63) is 54.0 Å². The lowest BCUT2D eigenvalue weighted by molar-refractivity contribution is -0.145. The van der Waals surface area contributed by atoms with Crippen molar-refractivity contribution in [1.82, 2.24) is 29.5 Å². The van der Waals surface area contributed by atoms with Crippen LogP contribution >= 0.6 is 0 Å². The molecule has 2 N–H and O–H groups in total. The minimum absolute atomic E-state index is 0.0220. The zero-order valence-corrected chi connectivity index (χ0v) is 17.5. The molecular formula is C21H18F3N7O3. The van der Waals surface area contributed by atoms with Crippen LogP contribution < -0.4 is 4.90 Å². The highest BCUT2D eigenvalue weighted by atomic mass is 19.4. The van der Waals surface area contributed by atoms with Gasteiger partial charge in [0.2, 0.25) is 5.88 Å². The number of nitrogens with zero attached hydrogens (tertiary/aromatic N) is 7. The number of benzene rings is 1. The SMILES string of the molecule is O=C(O)c1cnn(-c2nc(O)c3c(cnn3Cc3ccc(N4CCC[C@H]4C(F)(F)F)cc3)n2)c1. The summed E-state index contributed by atoms with van der Waals surface area (Å²) >= 11 is 0. The first-order valence-electron chi connectivity index (χ1n) is 10.3. The zero-order chi connectivity index (χ0) is 24.0. The lowest BCUT2D eigenvalue weighted by Crippen LogP contribution is -2.41. The van der Waals surface area contributed by atoms with E-state index in [0.29, 0.717) is 24.2 Å². The van der Waals surface area contributed by atoms with Crippen molar-refractivity contribution >= 4 is 22.7 Å². The normalized spacial score (nSPS) is 16.4. The number of anilines is 1. The second-order valence-electron chi connectivity index (χ2n) is 7.92. The van der Waals surface area contributed by atoms with Crippen molar-refractivity contribution in [3.63, 3.8) is 0 Å². The van der Waals surface area contributed by atoms with Crippen LogP contribution in [0.4, 0.5) is 18.9 Å². The first-order chi connectivity index (χ1) is 16.2. The van der Waals surface area contributed by atoms with E-state index >= 15 is 0 Å². The maximum absolute atomic E-state index is 13.3. The average Bonchev–Trinajstić information content (AvgIpc) is 3.53. The number of fused-ring (bicyclic) bond motifs is 1. The van der Waals surface area contributed by atoms with Gasteiger partial charge in [-0.05, 0) is 30.5 Å². The molecule has 0 aliphatic carbocycles. The maximum Gasteiger partial charge on any atom is 0.408 e. The van der Waals surface area contributed by atoms with Crippen molar-refractivity contribution in [2.75, 3.05) is 11.4 Å². The van der Waals surface area contributed by atoms with Crippen molar-refractivity contribution in [3.8, 4) is 11.8 Å². The third-order valence-electron chi connectivity index (χ3n) is 5.72. The van der Waals surface area contributed by atoms with E-state index in [1.165, 1.54) is 22.0 Å². The second kappa shape index (κ2) is 8.01. The van der Waals surface area contributed by atoms with E-state index in [0.717, 1.165) is 16.4 Å². The Labute approximate surface area is 189 Å². The highest BCUT2D eigenvalue weighted by Gasteiger charge is 2.45. The van der Waals surface area contributed by atoms with Crippen LogP contribution in [0.3, 0.4) is 0 Å². The lowest BCUT2D eigenvalue weighted by atomic mass is 10.1. The van der Waals surface area contributed by atoms with Gasteiger partial charge < -0.3 is 15.1 Å². The molecule has 34 heavy (non-hydrogen) atoms. The van der Waals surface area contributed by atoms with Gasteiger partial charge in [-0.2, -0.15) is 28.4 Å². The summed E-state index contributed by atoms with van der Waals surface area (Å²) in [6.07, 6.45) is 0.0849. The Kier molecular flexibility index (Phi) is 5.10. The monoisotopic (exact) mass is 473 g/mol. The van der Waals surface area contributed by atoms with Gasteiger partial charge in [-0.25, -0.2) is 14.5 Å². The summed E-state index contributed by atoms with van der Waals surface area (Å²) in [6, 6.07) is 5.27. The summed E-state index contributed by atoms with van der Waals surface area (Å²) in [5.41, 5.74) is 1.78. The van der Waals surface area contributed by atoms with E-state index < -0.39 is 18.2 Å². The number of carbonyl (C=O) groups is 1. The number of rotatable bonds is 5. The first kappa shape index (κ1) is 21.7. The van der Waals surface area contributed by atoms with E-state index in [9.17, 15) is 23.1 Å². The predicted octanol–water partition coefficient (Wildman–Crippen LogP) is 3.00. The largest absolute Gasteiger partial charge is 0.492 e. The maximum atomic E-state index is 13.3. The van der Waals surface area contributed by atoms with Crippen LogP contribution in [0.2, 0.25) is 0 Å². The van der Waals surface area contributed by atoms with E-state index in [1.807, 2.05) is 0 Å². The molecule has 1 aromatic carbocycles. The summed E-state index contributed by atoms with van der Waals surface area (Å²) in [7, 11) is 0. The third kappa shape index (κ3) is 3.89. The summed E-state index contributed by atoms with van der Waals surface area (Å²) in [5.74, 6) is -1.55. The predicted molar refractivity (Wildman–Crippen MR) is 113 cm³/mol. The molecule has 3 aromatic heterocycles. The Bertz CT molecular complexity index is 1360. The Morgan fingerprint density at radius 1 is 1.12 bits per heavy atom. The molecule has 0 amide bonds. The van der Waals surface area contributed by atoms with Gasteiger partial charge >= 0.3 is 12.1 Å². The van der Waals surface area contributed by atoms with Gasteiger partial charge in [-0.15, -0.1) is 0 Å². The summed E-state index contributed by atoms with van der Waals surface area (Å²) in [6.45, 7) is 0.582. The average molecular weight is 473 g/mol. The van der Waals surface area contributed by atoms with Gasteiger partial charge in [-0.3, -0.25) is 4.68 Å². The quantitative estimate of drug-likeness (QED) is 0.454. The van der Waals surface area contributed by atoms with Crippen LogP contribution in [0, 0.1) is 0 Å². The fraction of sp³-hybridized carbons (Fsp3) is 0.286. The molecule has 1 fully saturated rings. The molecule has 0 saturated carbocycles. The topological polar surface area (TPSA) is 122 Å². The minimum Gasteiger partial charge on any atom is -0.492 e. The van der Waals surface area contributed by atoms with Crippen molar-refractivity contribution in [2.45, 2.75) is 31.6 Å². The number of aromatic carboxylic acids is 1. The number of aromatic nitrogens is 6. The number of halogens is 3. The van der Waals surface area contributed by atoms with Crippen LogP contribution in [-0.2, 0) is 6.54 Å². The van der Waals surface area contributed by atoms with E-state index in [-0.39, 0.29) is 35.9 Å². The minimum atomic E-state index is -4.27. The first-order valence-corrected chi connectivity index (χ1v) is 10.3. The molecule has 5 rings (SSSR count). The fourth-order valence-corrected chi connectivity index (χ4v) is 4.11. The molecule has 4 aromatic rings. The molecule has 176 valence electrons. The number of carboxylic acid groups (broad SMARTS) is 1. The highest BCUT2D eigenvalue weighted by molar-refractivity contribution is 5.87. The Morgan fingerprint density at radius 2 is 1.88 bits per heavy atom. The Hall–Kier alpha value is -4.16. The van der Waals surface area contributed by atoms with Gasteiger partial charge in [-0.1, -0.05) is 12.1 Å². The number of carboxylic acids is 1. The summed E-state index contributed by atoms with van der Waals surface area (Å²) < 4.78 is 42.4. The van der Waals surface area contributed by atoms with Crippen LogP contribution in [0.15, 0.2) is 42.9 Å². The molecule has 13 heteroatoms. The molecule has 1 atom stereocenters. The van der Waals surface area contributed by atoms with E-state index in [4.69, 9.17) is 5.11 Å². The number of hydrogen-bond donors (Lipinski definition) is 2. The summed E-state index contributed by atoms with van der Waals surface area (Å²) in [5, 5.41) is 27.6. The van der Waals surface area contributed by atoms with Crippen molar-refractivity contribution in [1.29, 1.82) is 0 Å². The van der Waals surface area contributed by atoms with Crippen LogP contribution in [0.5, 0.6) is 5.88 Å². The fourth-order valence-electron chi connectivity index (χ4n) is 4.11. The molecule has 0 radical (unpaired) electrons. The molecule has 1 saturated heterocycles. The molecule has 1 aliphatic rings. The Morgan fingerprint density at radius 3 is 2.56 bits per heavy atom. The van der Waals surface area contributed by atoms with Gasteiger partial charge in [0.1, 0.15) is 17.1 Å². The standard InChI is InChI=1S/C21H18F3N7O3/c22-21(23,24)16-2-1-7-29(16)14-5-3-12(4-6-14)10-30-17-15(9-26-30)27-20(28-18(17)32)31-11-13(8-25-31)19(33)34/h3-6,8-9,11,16H,1-2,7,10H2,(H,33,34)(H,27,28,32)/t16-/m0/s1. The zero-order valence-electron chi connectivity index (χ0n) is 17.5. The third-order valence-corrected chi connectivity index (χ3v) is 5.72. The van der Waals surface area contributed by atoms with Gasteiger partial charge in [0.05, 0.1) is 24.5 Å². The molecule has 10 nitrogen and oxygen atoms in total. The second-order valence-corrected chi connectivity index (χ2v) is 7.92. The van der Waals surface area contributed by atoms with Crippen LogP contribution in [0.25, 0.3) is 17.0 Å².